The fourth-order valence-corrected chi connectivity index (χ4v) is 7.80. The molecule has 0 spiro atoms. The van der Waals surface area contributed by atoms with E-state index in [1.54, 1.807) is 29.7 Å². The summed E-state index contributed by atoms with van der Waals surface area (Å²) < 4.78 is 55.6. The Kier molecular flexibility index (Phi) is 11.1. The molecule has 0 aliphatic carbocycles. The monoisotopic (exact) mass is 731 g/mol. The number of aliphatic hydroxyl groups is 1. The Labute approximate surface area is 280 Å². The van der Waals surface area contributed by atoms with E-state index in [9.17, 15) is 23.9 Å². The van der Waals surface area contributed by atoms with Crippen LogP contribution in [-0.2, 0) is 32.2 Å². The molecule has 0 radical (unpaired) electrons. The van der Waals surface area contributed by atoms with Gasteiger partial charge in [-0.3, -0.25) is 23.4 Å². The first-order chi connectivity index (χ1) is 22.2. The zero-order valence-corrected chi connectivity index (χ0v) is 28.8. The van der Waals surface area contributed by atoms with Gasteiger partial charge in [0, 0.05) is 31.5 Å². The third kappa shape index (κ3) is 8.08. The highest BCUT2D eigenvalue weighted by Crippen LogP contribution is 2.58. The molecule has 47 heavy (non-hydrogen) atoms. The summed E-state index contributed by atoms with van der Waals surface area (Å²) in [6, 6.07) is 3.27. The Morgan fingerprint density at radius 1 is 1.21 bits per heavy atom. The number of ether oxygens (including phenoxy) is 2. The van der Waals surface area contributed by atoms with Gasteiger partial charge in [0.1, 0.15) is 36.0 Å². The van der Waals surface area contributed by atoms with Gasteiger partial charge in [0.05, 0.1) is 37.9 Å². The predicted octanol–water partition coefficient (Wildman–Crippen LogP) is 2.88. The smallest absolute Gasteiger partial charge is 0.386 e. The summed E-state index contributed by atoms with van der Waals surface area (Å²) in [5.74, 6) is -1.28. The number of nitrogens with two attached hydrogens (primary N) is 1. The number of nitrogens with zero attached hydrogens (tertiary/aromatic N) is 5. The number of hydrogen-bond donors (Lipinski definition) is 6. The highest BCUT2D eigenvalue weighted by Gasteiger charge is 2.48. The number of thiol groups is 2. The zero-order valence-electron chi connectivity index (χ0n) is 25.2. The van der Waals surface area contributed by atoms with Gasteiger partial charge in [-0.1, -0.05) is 37.5 Å². The van der Waals surface area contributed by atoms with Crippen molar-refractivity contribution in [1.29, 1.82) is 0 Å². The first-order valence-electron chi connectivity index (χ1n) is 14.3. The minimum Gasteiger partial charge on any atom is -0.390 e. The molecular formula is C26H35N7O10P2S2. The Morgan fingerprint density at radius 2 is 1.98 bits per heavy atom. The number of aliphatic hydroxyl groups excluding tert-OH is 1. The first-order valence-corrected chi connectivity index (χ1v) is 19.7. The molecule has 5 N–H and O–H groups in total. The van der Waals surface area contributed by atoms with Gasteiger partial charge in [-0.05, 0) is 17.7 Å². The van der Waals surface area contributed by atoms with Gasteiger partial charge in [-0.2, -0.15) is 0 Å². The maximum atomic E-state index is 13.5. The summed E-state index contributed by atoms with van der Waals surface area (Å²) in [6.07, 6.45) is 0.692. The lowest BCUT2D eigenvalue weighted by Crippen LogP contribution is -2.31. The lowest BCUT2D eigenvalue weighted by molar-refractivity contribution is -0.0386. The van der Waals surface area contributed by atoms with Crippen LogP contribution in [-0.4, -0.2) is 85.1 Å². The van der Waals surface area contributed by atoms with Gasteiger partial charge < -0.3 is 35.0 Å². The Morgan fingerprint density at radius 3 is 2.68 bits per heavy atom. The summed E-state index contributed by atoms with van der Waals surface area (Å²) in [5.41, 5.74) is 7.44. The minimum atomic E-state index is -4.21. The fraction of sp³-hybridized carbons (Fsp3) is 0.500. The Balaban J connectivity index is 1.26. The van der Waals surface area contributed by atoms with Crippen LogP contribution in [0.5, 0.6) is 0 Å². The van der Waals surface area contributed by atoms with Crippen molar-refractivity contribution < 1.29 is 47.0 Å². The molecule has 2 aliphatic rings. The average Bonchev–Trinajstić information content (AvgIpc) is 3.69. The summed E-state index contributed by atoms with van der Waals surface area (Å²) in [5, 5.41) is 13.5. The topological polar surface area (TPSA) is 232 Å². The number of imidazole rings is 1. The molecule has 0 saturated carbocycles. The quantitative estimate of drug-likeness (QED) is 0.0843. The van der Waals surface area contributed by atoms with Crippen LogP contribution in [0.4, 0.5) is 5.82 Å². The summed E-state index contributed by atoms with van der Waals surface area (Å²) in [4.78, 5) is 38.2. The van der Waals surface area contributed by atoms with E-state index >= 15 is 0 Å². The van der Waals surface area contributed by atoms with Crippen LogP contribution in [0, 0.1) is 11.8 Å². The van der Waals surface area contributed by atoms with E-state index in [2.05, 4.69) is 56.3 Å². The van der Waals surface area contributed by atoms with Crippen LogP contribution >= 0.6 is 38.1 Å². The number of carbonyl (C=O) groups is 1. The van der Waals surface area contributed by atoms with Crippen LogP contribution in [0.2, 0.25) is 0 Å². The maximum Gasteiger partial charge on any atom is 0.386 e. The molecule has 21 heteroatoms. The van der Waals surface area contributed by atoms with Gasteiger partial charge in [-0.25, -0.2) is 24.1 Å². The number of aromatic nitrogens is 5. The second-order valence-corrected chi connectivity index (χ2v) is 16.5. The number of anilines is 1. The molecule has 0 aromatic carbocycles. The van der Waals surface area contributed by atoms with E-state index in [-0.39, 0.29) is 30.4 Å². The number of nitrogens with one attached hydrogen (secondary N) is 1. The summed E-state index contributed by atoms with van der Waals surface area (Å²) in [7, 11) is 1.49. The second kappa shape index (κ2) is 14.6. The van der Waals surface area contributed by atoms with Crippen LogP contribution < -0.4 is 11.1 Å². The number of rotatable bonds is 13. The molecule has 3 aromatic rings. The third-order valence-electron chi connectivity index (χ3n) is 7.92. The maximum absolute atomic E-state index is 13.5. The molecule has 5 rings (SSSR count). The normalized spacial score (nSPS) is 30.2. The van der Waals surface area contributed by atoms with E-state index in [4.69, 9.17) is 28.8 Å². The van der Waals surface area contributed by atoms with Gasteiger partial charge in [0.2, 0.25) is 0 Å². The SMILES string of the molecule is C=C[C@@H]1[C@H](O)[C@@H](CCOP(=O)(S)O[C@H]2[C@@H](C)[C@H](n3cnc4c(N)ncnc43)O[C@@H]2COP(=O)(O)S)O[C@H]1c1ccnc(C(=O)NC)c1. The van der Waals surface area contributed by atoms with E-state index < -0.39 is 68.8 Å². The number of pyridine rings is 1. The van der Waals surface area contributed by atoms with Crippen molar-refractivity contribution >= 4 is 61.0 Å². The summed E-state index contributed by atoms with van der Waals surface area (Å²) >= 11 is 7.73. The highest BCUT2D eigenvalue weighted by atomic mass is 32.7. The van der Waals surface area contributed by atoms with E-state index in [1.165, 1.54) is 25.9 Å². The standard InChI is InChI=1S/C26H35N7O10P2S2/c1-4-15-20(34)17(41-22(15)14-5-7-29-16(9-14)25(35)28-3)6-8-39-45(38,47)43-21-13(2)26(42-18(21)10-40-44(36,37)46)33-12-32-19-23(27)30-11-31-24(19)33/h4-5,7,9,11-13,15,17-18,20-22,26,34H,1,6,8,10H2,2-3H3,(H,28,35)(H,38,47)(H2,27,30,31)(H2,36,37,46)/t13-,15-,17-,18-,20+,21+,22+,26-,45?/m1/s1. The molecule has 2 aliphatic heterocycles. The number of hydrogen-bond acceptors (Lipinski definition) is 14. The molecule has 256 valence electrons. The van der Waals surface area contributed by atoms with E-state index in [1.807, 2.05) is 0 Å². The number of carbonyl (C=O) groups excluding carboxylic acids is 1. The van der Waals surface area contributed by atoms with Crippen molar-refractivity contribution in [2.45, 2.75) is 50.1 Å². The predicted molar refractivity (Wildman–Crippen MR) is 175 cm³/mol. The van der Waals surface area contributed by atoms with Gasteiger partial charge in [0.25, 0.3) is 5.91 Å². The second-order valence-electron chi connectivity index (χ2n) is 10.9. The third-order valence-corrected chi connectivity index (χ3v) is 10.4. The Bertz CT molecular complexity index is 1710. The van der Waals surface area contributed by atoms with Crippen LogP contribution in [0.1, 0.15) is 41.7 Å². The van der Waals surface area contributed by atoms with E-state index in [0.29, 0.717) is 16.7 Å². The molecule has 2 saturated heterocycles. The molecule has 0 bridgehead atoms. The van der Waals surface area contributed by atoms with Crippen LogP contribution in [0.3, 0.4) is 0 Å². The molecule has 1 amide bonds. The highest BCUT2D eigenvalue weighted by molar-refractivity contribution is 8.44. The fourth-order valence-electron chi connectivity index (χ4n) is 5.66. The number of fused-ring (bicyclic) bond motifs is 1. The van der Waals surface area contributed by atoms with Crippen molar-refractivity contribution in [1.82, 2.24) is 29.8 Å². The first kappa shape index (κ1) is 35.9. The van der Waals surface area contributed by atoms with Gasteiger partial charge in [0.15, 0.2) is 11.5 Å². The molecule has 10 atom stereocenters. The van der Waals surface area contributed by atoms with Crippen LogP contribution in [0.25, 0.3) is 11.2 Å². The lowest BCUT2D eigenvalue weighted by Gasteiger charge is -2.25. The van der Waals surface area contributed by atoms with Crippen molar-refractivity contribution in [2.75, 3.05) is 26.0 Å². The lowest BCUT2D eigenvalue weighted by atomic mass is 9.91. The van der Waals surface area contributed by atoms with Gasteiger partial charge >= 0.3 is 13.6 Å². The molecular weight excluding hydrogens is 696 g/mol. The zero-order chi connectivity index (χ0) is 34.1. The van der Waals surface area contributed by atoms with Crippen LogP contribution in [0.15, 0.2) is 43.6 Å². The number of nitrogen functional groups attached to an aromatic ring is 1. The molecule has 5 heterocycles. The molecule has 3 aromatic heterocycles. The molecule has 2 fully saturated rings. The minimum absolute atomic E-state index is 0.102. The molecule has 2 unspecified atom stereocenters. The van der Waals surface area contributed by atoms with Crippen molar-refractivity contribution in [2.24, 2.45) is 11.8 Å². The largest absolute Gasteiger partial charge is 0.390 e. The van der Waals surface area contributed by atoms with E-state index in [0.717, 1.165) is 0 Å². The Hall–Kier alpha value is -2.41. The summed E-state index contributed by atoms with van der Waals surface area (Å²) in [6.45, 7) is -3.37. The number of amides is 1. The average molecular weight is 732 g/mol. The van der Waals surface area contributed by atoms with Crippen molar-refractivity contribution in [3.63, 3.8) is 0 Å². The van der Waals surface area contributed by atoms with Crippen molar-refractivity contribution in [3.05, 3.63) is 54.9 Å². The molecule has 17 nitrogen and oxygen atoms in total. The van der Waals surface area contributed by atoms with Gasteiger partial charge in [-0.15, -0.1) is 6.58 Å². The van der Waals surface area contributed by atoms with Crippen molar-refractivity contribution in [3.8, 4) is 0 Å².